The summed E-state index contributed by atoms with van der Waals surface area (Å²) in [4.78, 5) is 0.241. The summed E-state index contributed by atoms with van der Waals surface area (Å²) < 4.78 is 47.7. The lowest BCUT2D eigenvalue weighted by Gasteiger charge is -2.29. The molecule has 1 aliphatic rings. The van der Waals surface area contributed by atoms with Gasteiger partial charge < -0.3 is 4.74 Å². The molecule has 4 nitrogen and oxygen atoms in total. The molecule has 2 aromatic rings. The minimum absolute atomic E-state index is 0.0656. The van der Waals surface area contributed by atoms with Crippen molar-refractivity contribution in [2.24, 2.45) is 0 Å². The minimum atomic E-state index is -3.71. The van der Waals surface area contributed by atoms with Gasteiger partial charge in [-0.05, 0) is 61.9 Å². The Bertz CT molecular complexity index is 898. The monoisotopic (exact) mass is 377 g/mol. The van der Waals surface area contributed by atoms with E-state index < -0.39 is 21.4 Å². The Kier molecular flexibility index (Phi) is 5.46. The second kappa shape index (κ2) is 7.47. The Morgan fingerprint density at radius 3 is 2.50 bits per heavy atom. The Morgan fingerprint density at radius 1 is 1.12 bits per heavy atom. The van der Waals surface area contributed by atoms with Crippen LogP contribution in [0.15, 0.2) is 47.4 Å². The molecule has 0 aliphatic heterocycles. The van der Waals surface area contributed by atoms with Crippen LogP contribution in [0, 0.1) is 5.82 Å². The molecular formula is C20H24FNO3S. The van der Waals surface area contributed by atoms with Crippen molar-refractivity contribution >= 4 is 10.0 Å². The molecule has 1 N–H and O–H groups in total. The minimum Gasteiger partial charge on any atom is -0.372 e. The highest BCUT2D eigenvalue weighted by Gasteiger charge is 2.31. The number of halogens is 1. The van der Waals surface area contributed by atoms with Gasteiger partial charge in [0.1, 0.15) is 11.4 Å². The van der Waals surface area contributed by atoms with Crippen molar-refractivity contribution in [3.63, 3.8) is 0 Å². The van der Waals surface area contributed by atoms with Gasteiger partial charge in [-0.2, -0.15) is 0 Å². The molecule has 0 saturated heterocycles. The normalized spacial score (nSPS) is 16.7. The molecule has 0 fully saturated rings. The zero-order valence-corrected chi connectivity index (χ0v) is 15.9. The van der Waals surface area contributed by atoms with E-state index in [1.165, 1.54) is 18.7 Å². The number of rotatable bonds is 6. The van der Waals surface area contributed by atoms with Crippen LogP contribution in [0.1, 0.15) is 36.5 Å². The van der Waals surface area contributed by atoms with Crippen LogP contribution < -0.4 is 4.72 Å². The highest BCUT2D eigenvalue weighted by Crippen LogP contribution is 2.28. The topological polar surface area (TPSA) is 55.4 Å². The van der Waals surface area contributed by atoms with Crippen molar-refractivity contribution in [3.8, 4) is 0 Å². The predicted octanol–water partition coefficient (Wildman–Crippen LogP) is 3.54. The first-order valence-corrected chi connectivity index (χ1v) is 10.3. The van der Waals surface area contributed by atoms with Crippen molar-refractivity contribution in [1.29, 1.82) is 0 Å². The fourth-order valence-electron chi connectivity index (χ4n) is 3.36. The molecule has 140 valence electrons. The number of hydrogen-bond acceptors (Lipinski definition) is 3. The number of benzene rings is 2. The molecule has 0 heterocycles. The summed E-state index contributed by atoms with van der Waals surface area (Å²) >= 11 is 0. The number of ether oxygens (including phenoxy) is 1. The molecule has 6 heteroatoms. The summed E-state index contributed by atoms with van der Waals surface area (Å²) in [5.41, 5.74) is 1.54. The first kappa shape index (κ1) is 19.0. The van der Waals surface area contributed by atoms with Crippen LogP contribution >= 0.6 is 0 Å². The zero-order valence-electron chi connectivity index (χ0n) is 15.1. The Balaban J connectivity index is 1.82. The van der Waals surface area contributed by atoms with Crippen LogP contribution in [-0.4, -0.2) is 22.1 Å². The van der Waals surface area contributed by atoms with Gasteiger partial charge in [0.15, 0.2) is 0 Å². The third kappa shape index (κ3) is 3.82. The summed E-state index contributed by atoms with van der Waals surface area (Å²) in [5.74, 6) is -0.426. The van der Waals surface area contributed by atoms with Crippen LogP contribution in [0.5, 0.6) is 0 Å². The zero-order chi connectivity index (χ0) is 18.8. The second-order valence-corrected chi connectivity index (χ2v) is 8.64. The number of nitrogens with one attached hydrogen (secondary N) is 1. The summed E-state index contributed by atoms with van der Waals surface area (Å²) in [5, 5.41) is 0. The molecule has 26 heavy (non-hydrogen) atoms. The molecule has 1 unspecified atom stereocenters. The van der Waals surface area contributed by atoms with Gasteiger partial charge in [-0.25, -0.2) is 17.5 Å². The van der Waals surface area contributed by atoms with Crippen LogP contribution in [-0.2, 0) is 33.2 Å². The van der Waals surface area contributed by atoms with Crippen molar-refractivity contribution in [3.05, 3.63) is 65.0 Å². The largest absolute Gasteiger partial charge is 0.372 e. The summed E-state index contributed by atoms with van der Waals surface area (Å²) in [6, 6.07) is 11.5. The van der Waals surface area contributed by atoms with Gasteiger partial charge >= 0.3 is 0 Å². The van der Waals surface area contributed by atoms with E-state index in [1.807, 2.05) is 6.07 Å². The quantitative estimate of drug-likeness (QED) is 0.838. The first-order valence-electron chi connectivity index (χ1n) is 8.77. The van der Waals surface area contributed by atoms with Crippen LogP contribution in [0.2, 0.25) is 0 Å². The van der Waals surface area contributed by atoms with E-state index in [1.54, 1.807) is 37.3 Å². The van der Waals surface area contributed by atoms with Crippen molar-refractivity contribution in [1.82, 2.24) is 4.72 Å². The van der Waals surface area contributed by atoms with Gasteiger partial charge in [0, 0.05) is 19.2 Å². The van der Waals surface area contributed by atoms with E-state index in [0.29, 0.717) is 5.56 Å². The SMILES string of the molecule is COC(C)(CNS(=O)(=O)c1ccc2c(c1)CCCC2)c1ccccc1F. The lowest BCUT2D eigenvalue weighted by atomic mass is 9.92. The number of methoxy groups -OCH3 is 1. The maximum Gasteiger partial charge on any atom is 0.240 e. The van der Waals surface area contributed by atoms with E-state index in [2.05, 4.69) is 4.72 Å². The highest BCUT2D eigenvalue weighted by molar-refractivity contribution is 7.89. The van der Waals surface area contributed by atoms with Gasteiger partial charge in [-0.1, -0.05) is 24.3 Å². The highest BCUT2D eigenvalue weighted by atomic mass is 32.2. The van der Waals surface area contributed by atoms with E-state index in [-0.39, 0.29) is 11.4 Å². The summed E-state index contributed by atoms with van der Waals surface area (Å²) in [6.45, 7) is 1.60. The van der Waals surface area contributed by atoms with Crippen LogP contribution in [0.4, 0.5) is 4.39 Å². The number of aryl methyl sites for hydroxylation is 2. The Hall–Kier alpha value is -1.76. The smallest absolute Gasteiger partial charge is 0.240 e. The van der Waals surface area contributed by atoms with Crippen molar-refractivity contribution < 1.29 is 17.5 Å². The molecule has 2 aromatic carbocycles. The van der Waals surface area contributed by atoms with E-state index >= 15 is 0 Å². The van der Waals surface area contributed by atoms with Gasteiger partial charge in [0.2, 0.25) is 10.0 Å². The third-order valence-electron chi connectivity index (χ3n) is 5.12. The number of fused-ring (bicyclic) bond motifs is 1. The van der Waals surface area contributed by atoms with Gasteiger partial charge in [0.05, 0.1) is 4.90 Å². The standard InChI is InChI=1S/C20H24FNO3S/c1-20(25-2,18-9-5-6-10-19(18)21)14-22-26(23,24)17-12-11-15-7-3-4-8-16(15)13-17/h5-6,9-13,22H,3-4,7-8,14H2,1-2H3. The Morgan fingerprint density at radius 2 is 1.81 bits per heavy atom. The molecule has 3 rings (SSSR count). The fourth-order valence-corrected chi connectivity index (χ4v) is 4.54. The lowest BCUT2D eigenvalue weighted by molar-refractivity contribution is 0.00410. The average Bonchev–Trinajstić information content (AvgIpc) is 2.66. The van der Waals surface area contributed by atoms with Gasteiger partial charge in [-0.3, -0.25) is 0 Å². The molecule has 0 radical (unpaired) electrons. The molecule has 0 bridgehead atoms. The maximum atomic E-state index is 14.1. The van der Waals surface area contributed by atoms with E-state index in [9.17, 15) is 12.8 Å². The molecule has 0 aromatic heterocycles. The van der Waals surface area contributed by atoms with Crippen molar-refractivity contribution in [2.75, 3.05) is 13.7 Å². The maximum absolute atomic E-state index is 14.1. The lowest BCUT2D eigenvalue weighted by Crippen LogP contribution is -2.40. The van der Waals surface area contributed by atoms with E-state index in [4.69, 9.17) is 4.74 Å². The number of sulfonamides is 1. The molecular weight excluding hydrogens is 353 g/mol. The second-order valence-electron chi connectivity index (χ2n) is 6.88. The van der Waals surface area contributed by atoms with Crippen LogP contribution in [0.25, 0.3) is 0 Å². The summed E-state index contributed by atoms with van der Waals surface area (Å²) in [6.07, 6.45) is 4.13. The van der Waals surface area contributed by atoms with Crippen LogP contribution in [0.3, 0.4) is 0 Å². The Labute approximate surface area is 154 Å². The predicted molar refractivity (Wildman–Crippen MR) is 99.0 cm³/mol. The average molecular weight is 377 g/mol. The van der Waals surface area contributed by atoms with Gasteiger partial charge in [-0.15, -0.1) is 0 Å². The first-order chi connectivity index (χ1) is 12.4. The van der Waals surface area contributed by atoms with Crippen molar-refractivity contribution in [2.45, 2.75) is 43.1 Å². The summed E-state index contributed by atoms with van der Waals surface area (Å²) in [7, 11) is -2.27. The van der Waals surface area contributed by atoms with Gasteiger partial charge in [0.25, 0.3) is 0 Å². The molecule has 0 spiro atoms. The molecule has 0 saturated carbocycles. The fraction of sp³-hybridized carbons (Fsp3) is 0.400. The molecule has 1 atom stereocenters. The van der Waals surface area contributed by atoms with E-state index in [0.717, 1.165) is 31.2 Å². The third-order valence-corrected chi connectivity index (χ3v) is 6.52. The molecule has 1 aliphatic carbocycles. The molecule has 0 amide bonds. The number of hydrogen-bond donors (Lipinski definition) is 1.